The van der Waals surface area contributed by atoms with E-state index < -0.39 is 0 Å². The highest BCUT2D eigenvalue weighted by Crippen LogP contribution is 2.36. The Morgan fingerprint density at radius 3 is 2.19 bits per heavy atom. The van der Waals surface area contributed by atoms with Gasteiger partial charge in [-0.1, -0.05) is 18.2 Å². The average molecular weight is 355 g/mol. The molecule has 2 heterocycles. The third-order valence-corrected chi connectivity index (χ3v) is 6.22. The number of nitrogens with one attached hydrogen (secondary N) is 2. The van der Waals surface area contributed by atoms with Crippen LogP contribution in [0.15, 0.2) is 18.2 Å². The zero-order chi connectivity index (χ0) is 18.3. The van der Waals surface area contributed by atoms with Gasteiger partial charge in [0.15, 0.2) is 0 Å². The molecular formula is C21H29N3O2. The Morgan fingerprint density at radius 1 is 1.00 bits per heavy atom. The molecule has 0 radical (unpaired) electrons. The zero-order valence-corrected chi connectivity index (χ0v) is 15.8. The zero-order valence-electron chi connectivity index (χ0n) is 15.8. The molecule has 140 valence electrons. The fraction of sp³-hybridized carbons (Fsp3) is 0.619. The van der Waals surface area contributed by atoms with Crippen LogP contribution in [-0.2, 0) is 4.79 Å². The van der Waals surface area contributed by atoms with Gasteiger partial charge in [0.05, 0.1) is 0 Å². The minimum absolute atomic E-state index is 0.0177. The molecule has 26 heavy (non-hydrogen) atoms. The van der Waals surface area contributed by atoms with Gasteiger partial charge in [-0.25, -0.2) is 4.79 Å². The van der Waals surface area contributed by atoms with Gasteiger partial charge in [-0.2, -0.15) is 0 Å². The molecule has 1 aromatic carbocycles. The fourth-order valence-corrected chi connectivity index (χ4v) is 4.68. The van der Waals surface area contributed by atoms with Crippen molar-refractivity contribution in [3.63, 3.8) is 0 Å². The number of nitrogens with zero attached hydrogens (tertiary/aromatic N) is 1. The minimum atomic E-state index is 0.0177. The molecular weight excluding hydrogens is 326 g/mol. The number of carbonyl (C=O) groups excluding carboxylic acids is 2. The molecule has 0 aromatic heterocycles. The minimum Gasteiger partial charge on any atom is -0.353 e. The van der Waals surface area contributed by atoms with Crippen molar-refractivity contribution in [2.75, 3.05) is 5.32 Å². The lowest BCUT2D eigenvalue weighted by molar-refractivity contribution is -0.123. The van der Waals surface area contributed by atoms with Crippen molar-refractivity contribution in [3.8, 4) is 0 Å². The third kappa shape index (κ3) is 3.44. The SMILES string of the molecule is Cc1cccc(C)c1NC(=O)N1C2CCCC1CC(NC(=O)C1CC1)C2. The molecule has 4 rings (SSSR count). The molecule has 1 aliphatic carbocycles. The number of rotatable bonds is 3. The Balaban J connectivity index is 1.45. The molecule has 3 fully saturated rings. The summed E-state index contributed by atoms with van der Waals surface area (Å²) in [6, 6.07) is 6.79. The Labute approximate surface area is 155 Å². The van der Waals surface area contributed by atoms with Gasteiger partial charge in [0.1, 0.15) is 0 Å². The fourth-order valence-electron chi connectivity index (χ4n) is 4.68. The summed E-state index contributed by atoms with van der Waals surface area (Å²) in [5.41, 5.74) is 3.12. The number of anilines is 1. The molecule has 2 atom stereocenters. The van der Waals surface area contributed by atoms with Gasteiger partial charge in [-0.05, 0) is 69.9 Å². The number of amides is 3. The summed E-state index contributed by atoms with van der Waals surface area (Å²) in [5, 5.41) is 6.40. The van der Waals surface area contributed by atoms with Crippen molar-refractivity contribution in [2.45, 2.75) is 76.9 Å². The second kappa shape index (κ2) is 6.93. The smallest absolute Gasteiger partial charge is 0.322 e. The number of hydrogen-bond acceptors (Lipinski definition) is 2. The van der Waals surface area contributed by atoms with Crippen LogP contribution < -0.4 is 10.6 Å². The van der Waals surface area contributed by atoms with E-state index in [0.29, 0.717) is 0 Å². The number of piperidine rings is 2. The van der Waals surface area contributed by atoms with Crippen molar-refractivity contribution in [1.29, 1.82) is 0 Å². The molecule has 3 amide bonds. The third-order valence-electron chi connectivity index (χ3n) is 6.22. The van der Waals surface area contributed by atoms with Gasteiger partial charge in [0, 0.05) is 29.7 Å². The maximum absolute atomic E-state index is 13.1. The molecule has 5 heteroatoms. The van der Waals surface area contributed by atoms with Gasteiger partial charge in [0.25, 0.3) is 0 Å². The predicted octanol–water partition coefficient (Wildman–Crippen LogP) is 3.75. The Bertz CT molecular complexity index is 679. The van der Waals surface area contributed by atoms with Gasteiger partial charge >= 0.3 is 6.03 Å². The van der Waals surface area contributed by atoms with E-state index in [-0.39, 0.29) is 36.0 Å². The van der Waals surface area contributed by atoms with Crippen molar-refractivity contribution in [1.82, 2.24) is 10.2 Å². The van der Waals surface area contributed by atoms with E-state index in [2.05, 4.69) is 15.5 Å². The Hall–Kier alpha value is -2.04. The highest BCUT2D eigenvalue weighted by molar-refractivity contribution is 5.91. The quantitative estimate of drug-likeness (QED) is 0.867. The summed E-state index contributed by atoms with van der Waals surface area (Å²) in [5.74, 6) is 0.474. The monoisotopic (exact) mass is 355 g/mol. The van der Waals surface area contributed by atoms with Crippen molar-refractivity contribution in [2.24, 2.45) is 5.92 Å². The Morgan fingerprint density at radius 2 is 1.62 bits per heavy atom. The predicted molar refractivity (Wildman–Crippen MR) is 102 cm³/mol. The lowest BCUT2D eigenvalue weighted by Crippen LogP contribution is -2.59. The molecule has 2 saturated heterocycles. The van der Waals surface area contributed by atoms with E-state index in [9.17, 15) is 9.59 Å². The van der Waals surface area contributed by atoms with E-state index >= 15 is 0 Å². The van der Waals surface area contributed by atoms with E-state index in [1.807, 2.05) is 32.0 Å². The van der Waals surface area contributed by atoms with Crippen LogP contribution in [0.3, 0.4) is 0 Å². The second-order valence-electron chi connectivity index (χ2n) is 8.29. The number of aryl methyl sites for hydroxylation is 2. The van der Waals surface area contributed by atoms with Crippen LogP contribution in [0.2, 0.25) is 0 Å². The van der Waals surface area contributed by atoms with Crippen molar-refractivity contribution in [3.05, 3.63) is 29.3 Å². The molecule has 1 aromatic rings. The van der Waals surface area contributed by atoms with Crippen LogP contribution in [0.5, 0.6) is 0 Å². The van der Waals surface area contributed by atoms with Crippen LogP contribution >= 0.6 is 0 Å². The van der Waals surface area contributed by atoms with Crippen LogP contribution in [0.4, 0.5) is 10.5 Å². The van der Waals surface area contributed by atoms with Gasteiger partial charge in [-0.3, -0.25) is 4.79 Å². The van der Waals surface area contributed by atoms with Crippen LogP contribution in [-0.4, -0.2) is 35.0 Å². The second-order valence-corrected chi connectivity index (χ2v) is 8.29. The van der Waals surface area contributed by atoms with Crippen LogP contribution in [0, 0.1) is 19.8 Å². The molecule has 5 nitrogen and oxygen atoms in total. The number of benzene rings is 1. The topological polar surface area (TPSA) is 61.4 Å². The molecule has 1 saturated carbocycles. The number of urea groups is 1. The number of carbonyl (C=O) groups is 2. The summed E-state index contributed by atoms with van der Waals surface area (Å²) >= 11 is 0. The lowest BCUT2D eigenvalue weighted by Gasteiger charge is -2.48. The van der Waals surface area contributed by atoms with Crippen molar-refractivity contribution < 1.29 is 9.59 Å². The van der Waals surface area contributed by atoms with Crippen LogP contribution in [0.1, 0.15) is 56.1 Å². The summed E-state index contributed by atoms with van der Waals surface area (Å²) in [7, 11) is 0. The molecule has 2 aliphatic heterocycles. The first-order valence-corrected chi connectivity index (χ1v) is 9.99. The average Bonchev–Trinajstić information content (AvgIpc) is 3.42. The number of hydrogen-bond donors (Lipinski definition) is 2. The maximum Gasteiger partial charge on any atom is 0.322 e. The van der Waals surface area contributed by atoms with Gasteiger partial charge < -0.3 is 15.5 Å². The highest BCUT2D eigenvalue weighted by Gasteiger charge is 2.42. The summed E-state index contributed by atoms with van der Waals surface area (Å²) < 4.78 is 0. The molecule has 0 spiro atoms. The molecule has 2 unspecified atom stereocenters. The highest BCUT2D eigenvalue weighted by atomic mass is 16.2. The molecule has 3 aliphatic rings. The summed E-state index contributed by atoms with van der Waals surface area (Å²) in [6.45, 7) is 4.06. The molecule has 2 bridgehead atoms. The van der Waals surface area contributed by atoms with Crippen molar-refractivity contribution >= 4 is 17.6 Å². The summed E-state index contributed by atoms with van der Waals surface area (Å²) in [4.78, 5) is 27.2. The largest absolute Gasteiger partial charge is 0.353 e. The van der Waals surface area contributed by atoms with Crippen LogP contribution in [0.25, 0.3) is 0 Å². The first-order chi connectivity index (χ1) is 12.5. The van der Waals surface area contributed by atoms with Gasteiger partial charge in [-0.15, -0.1) is 0 Å². The van der Waals surface area contributed by atoms with E-state index in [0.717, 1.165) is 55.3 Å². The first-order valence-electron chi connectivity index (χ1n) is 9.99. The standard InChI is InChI=1S/C21H29N3O2/c1-13-5-3-6-14(2)19(13)23-21(26)24-17-7-4-8-18(24)12-16(11-17)22-20(25)15-9-10-15/h3,5-6,15-18H,4,7-12H2,1-2H3,(H,22,25)(H,23,26). The van der Waals surface area contributed by atoms with E-state index in [1.165, 1.54) is 6.42 Å². The molecule has 2 N–H and O–H groups in total. The van der Waals surface area contributed by atoms with Gasteiger partial charge in [0.2, 0.25) is 5.91 Å². The lowest BCUT2D eigenvalue weighted by atomic mass is 9.82. The van der Waals surface area contributed by atoms with E-state index in [4.69, 9.17) is 0 Å². The number of fused-ring (bicyclic) bond motifs is 2. The first kappa shape index (κ1) is 17.4. The summed E-state index contributed by atoms with van der Waals surface area (Å²) in [6.07, 6.45) is 7.08. The number of para-hydroxylation sites is 1. The normalized spacial score (nSPS) is 27.8. The maximum atomic E-state index is 13.1. The Kier molecular flexibility index (Phi) is 4.63. The van der Waals surface area contributed by atoms with E-state index in [1.54, 1.807) is 0 Å².